The van der Waals surface area contributed by atoms with Crippen LogP contribution in [0.3, 0.4) is 0 Å². The van der Waals surface area contributed by atoms with Crippen molar-refractivity contribution in [3.63, 3.8) is 0 Å². The SMILES string of the molecule is CCNC(=O)COc1ccc(CNC2(C)CCC(C)CC2)cc1. The van der Waals surface area contributed by atoms with Crippen LogP contribution in [0.2, 0.25) is 0 Å². The van der Waals surface area contributed by atoms with Gasteiger partial charge in [-0.25, -0.2) is 0 Å². The van der Waals surface area contributed by atoms with Crippen molar-refractivity contribution >= 4 is 5.91 Å². The van der Waals surface area contributed by atoms with Crippen LogP contribution in [-0.2, 0) is 11.3 Å². The number of nitrogens with one attached hydrogen (secondary N) is 2. The summed E-state index contributed by atoms with van der Waals surface area (Å²) in [7, 11) is 0. The first-order valence-corrected chi connectivity index (χ1v) is 8.74. The summed E-state index contributed by atoms with van der Waals surface area (Å²) in [6.45, 7) is 8.16. The first-order chi connectivity index (χ1) is 11.0. The molecule has 1 aliphatic rings. The lowest BCUT2D eigenvalue weighted by Gasteiger charge is -2.37. The maximum atomic E-state index is 11.4. The van der Waals surface area contributed by atoms with Gasteiger partial charge >= 0.3 is 0 Å². The molecule has 2 N–H and O–H groups in total. The van der Waals surface area contributed by atoms with Crippen LogP contribution in [0.5, 0.6) is 5.75 Å². The van der Waals surface area contributed by atoms with Crippen molar-refractivity contribution in [1.29, 1.82) is 0 Å². The molecule has 23 heavy (non-hydrogen) atoms. The molecule has 0 unspecified atom stereocenters. The zero-order valence-corrected chi connectivity index (χ0v) is 14.7. The highest BCUT2D eigenvalue weighted by atomic mass is 16.5. The average Bonchev–Trinajstić information content (AvgIpc) is 2.55. The molecule has 0 radical (unpaired) electrons. The van der Waals surface area contributed by atoms with Crippen molar-refractivity contribution < 1.29 is 9.53 Å². The molecule has 1 fully saturated rings. The molecule has 128 valence electrons. The van der Waals surface area contributed by atoms with Crippen LogP contribution in [0, 0.1) is 5.92 Å². The Morgan fingerprint density at radius 3 is 2.52 bits per heavy atom. The van der Waals surface area contributed by atoms with E-state index in [-0.39, 0.29) is 18.1 Å². The third-order valence-corrected chi connectivity index (χ3v) is 4.76. The van der Waals surface area contributed by atoms with Gasteiger partial charge in [-0.15, -0.1) is 0 Å². The predicted octanol–water partition coefficient (Wildman–Crippen LogP) is 3.26. The fourth-order valence-corrected chi connectivity index (χ4v) is 2.99. The minimum Gasteiger partial charge on any atom is -0.484 e. The Balaban J connectivity index is 1.77. The molecule has 0 aromatic heterocycles. The lowest BCUT2D eigenvalue weighted by atomic mass is 9.78. The smallest absolute Gasteiger partial charge is 0.257 e. The maximum Gasteiger partial charge on any atom is 0.257 e. The van der Waals surface area contributed by atoms with Gasteiger partial charge < -0.3 is 15.4 Å². The van der Waals surface area contributed by atoms with E-state index < -0.39 is 0 Å². The Morgan fingerprint density at radius 2 is 1.91 bits per heavy atom. The zero-order valence-electron chi connectivity index (χ0n) is 14.7. The fraction of sp³-hybridized carbons (Fsp3) is 0.632. The third-order valence-electron chi connectivity index (χ3n) is 4.76. The van der Waals surface area contributed by atoms with Crippen LogP contribution >= 0.6 is 0 Å². The van der Waals surface area contributed by atoms with Gasteiger partial charge in [0.1, 0.15) is 5.75 Å². The summed E-state index contributed by atoms with van der Waals surface area (Å²) in [6, 6.07) is 7.99. The van der Waals surface area contributed by atoms with Gasteiger partial charge in [-0.2, -0.15) is 0 Å². The molecule has 1 aromatic rings. The van der Waals surface area contributed by atoms with Crippen molar-refractivity contribution in [1.82, 2.24) is 10.6 Å². The molecule has 0 heterocycles. The number of hydrogen-bond acceptors (Lipinski definition) is 3. The van der Waals surface area contributed by atoms with E-state index in [1.807, 2.05) is 19.1 Å². The van der Waals surface area contributed by atoms with E-state index in [2.05, 4.69) is 36.6 Å². The molecular formula is C19H30N2O2. The molecule has 1 saturated carbocycles. The minimum atomic E-state index is -0.0855. The summed E-state index contributed by atoms with van der Waals surface area (Å²) in [5.74, 6) is 1.52. The number of carbonyl (C=O) groups is 1. The zero-order chi connectivity index (χ0) is 16.7. The lowest BCUT2D eigenvalue weighted by molar-refractivity contribution is -0.122. The van der Waals surface area contributed by atoms with Crippen LogP contribution < -0.4 is 15.4 Å². The second kappa shape index (κ2) is 8.34. The Kier molecular flexibility index (Phi) is 6.46. The van der Waals surface area contributed by atoms with Crippen molar-refractivity contribution in [2.45, 2.75) is 58.5 Å². The first-order valence-electron chi connectivity index (χ1n) is 8.74. The van der Waals surface area contributed by atoms with Gasteiger partial charge in [-0.05, 0) is 63.1 Å². The number of rotatable bonds is 7. The normalized spacial score (nSPS) is 24.2. The van der Waals surface area contributed by atoms with Gasteiger partial charge in [-0.1, -0.05) is 19.1 Å². The third kappa shape index (κ3) is 5.87. The summed E-state index contributed by atoms with van der Waals surface area (Å²) >= 11 is 0. The van der Waals surface area contributed by atoms with Crippen LogP contribution in [0.25, 0.3) is 0 Å². The Labute approximate surface area is 140 Å². The molecule has 0 aliphatic heterocycles. The summed E-state index contributed by atoms with van der Waals surface area (Å²) in [5, 5.41) is 6.43. The Hall–Kier alpha value is -1.55. The predicted molar refractivity (Wildman–Crippen MR) is 93.5 cm³/mol. The van der Waals surface area contributed by atoms with Crippen molar-refractivity contribution in [3.8, 4) is 5.75 Å². The summed E-state index contributed by atoms with van der Waals surface area (Å²) in [4.78, 5) is 11.4. The molecular weight excluding hydrogens is 288 g/mol. The monoisotopic (exact) mass is 318 g/mol. The number of likely N-dealkylation sites (N-methyl/N-ethyl adjacent to an activating group) is 1. The molecule has 4 nitrogen and oxygen atoms in total. The Bertz CT molecular complexity index is 491. The van der Waals surface area contributed by atoms with Gasteiger partial charge in [0.2, 0.25) is 0 Å². The number of ether oxygens (including phenoxy) is 1. The highest BCUT2D eigenvalue weighted by Crippen LogP contribution is 2.31. The molecule has 1 amide bonds. The van der Waals surface area contributed by atoms with E-state index >= 15 is 0 Å². The van der Waals surface area contributed by atoms with Gasteiger partial charge in [0, 0.05) is 18.6 Å². The van der Waals surface area contributed by atoms with Crippen molar-refractivity contribution in [2.75, 3.05) is 13.2 Å². The number of hydrogen-bond donors (Lipinski definition) is 2. The highest BCUT2D eigenvalue weighted by molar-refractivity contribution is 5.77. The van der Waals surface area contributed by atoms with Gasteiger partial charge in [0.25, 0.3) is 5.91 Å². The summed E-state index contributed by atoms with van der Waals surface area (Å²) < 4.78 is 5.47. The van der Waals surface area contributed by atoms with Gasteiger partial charge in [0.05, 0.1) is 0 Å². The van der Waals surface area contributed by atoms with Crippen molar-refractivity contribution in [2.24, 2.45) is 5.92 Å². The average molecular weight is 318 g/mol. The highest BCUT2D eigenvalue weighted by Gasteiger charge is 2.28. The Morgan fingerprint density at radius 1 is 1.26 bits per heavy atom. The first kappa shape index (κ1) is 17.8. The molecule has 1 aliphatic carbocycles. The van der Waals surface area contributed by atoms with Crippen LogP contribution in [-0.4, -0.2) is 24.6 Å². The van der Waals surface area contributed by atoms with E-state index in [0.717, 1.165) is 18.2 Å². The molecule has 4 heteroatoms. The van der Waals surface area contributed by atoms with Gasteiger partial charge in [0.15, 0.2) is 6.61 Å². The van der Waals surface area contributed by atoms with Crippen LogP contribution in [0.15, 0.2) is 24.3 Å². The lowest BCUT2D eigenvalue weighted by Crippen LogP contribution is -2.44. The molecule has 2 rings (SSSR count). The fourth-order valence-electron chi connectivity index (χ4n) is 2.99. The molecule has 1 aromatic carbocycles. The topological polar surface area (TPSA) is 50.4 Å². The standard InChI is InChI=1S/C19H30N2O2/c1-4-20-18(22)14-23-17-7-5-16(6-8-17)13-21-19(3)11-9-15(2)10-12-19/h5-8,15,21H,4,9-14H2,1-3H3,(H,20,22). The summed E-state index contributed by atoms with van der Waals surface area (Å²) in [5.41, 5.74) is 1.51. The van der Waals surface area contributed by atoms with Crippen molar-refractivity contribution in [3.05, 3.63) is 29.8 Å². The number of benzene rings is 1. The second-order valence-electron chi connectivity index (χ2n) is 6.98. The van der Waals surface area contributed by atoms with E-state index in [0.29, 0.717) is 6.54 Å². The quantitative estimate of drug-likeness (QED) is 0.811. The number of amides is 1. The largest absolute Gasteiger partial charge is 0.484 e. The number of carbonyl (C=O) groups excluding carboxylic acids is 1. The maximum absolute atomic E-state index is 11.4. The van der Waals surface area contributed by atoms with E-state index in [9.17, 15) is 4.79 Å². The van der Waals surface area contributed by atoms with Crippen LogP contribution in [0.4, 0.5) is 0 Å². The molecule has 0 saturated heterocycles. The van der Waals surface area contributed by atoms with E-state index in [1.165, 1.54) is 31.2 Å². The minimum absolute atomic E-state index is 0.0711. The summed E-state index contributed by atoms with van der Waals surface area (Å²) in [6.07, 6.45) is 5.13. The van der Waals surface area contributed by atoms with E-state index in [1.54, 1.807) is 0 Å². The van der Waals surface area contributed by atoms with E-state index in [4.69, 9.17) is 4.74 Å². The molecule has 0 bridgehead atoms. The molecule has 0 spiro atoms. The molecule has 0 atom stereocenters. The second-order valence-corrected chi connectivity index (χ2v) is 6.98. The van der Waals surface area contributed by atoms with Gasteiger partial charge in [-0.3, -0.25) is 4.79 Å². The van der Waals surface area contributed by atoms with Crippen LogP contribution in [0.1, 0.15) is 52.0 Å².